The van der Waals surface area contributed by atoms with Crippen LogP contribution in [0.25, 0.3) is 49.5 Å². The van der Waals surface area contributed by atoms with Crippen LogP contribution in [0.4, 0.5) is 5.82 Å². The molecule has 0 aliphatic rings. The molecule has 1 heterocycles. The van der Waals surface area contributed by atoms with E-state index in [9.17, 15) is 4.79 Å². The van der Waals surface area contributed by atoms with Crippen molar-refractivity contribution >= 4 is 5.82 Å². The van der Waals surface area contributed by atoms with Gasteiger partial charge in [0.1, 0.15) is 0 Å². The molecule has 1 N–H and O–H groups in total. The third kappa shape index (κ3) is 18.1. The summed E-state index contributed by atoms with van der Waals surface area (Å²) in [7, 11) is 0. The van der Waals surface area contributed by atoms with Crippen LogP contribution < -0.4 is 5.56 Å². The van der Waals surface area contributed by atoms with Gasteiger partial charge in [-0.2, -0.15) is 162 Å². The molecule has 0 saturated heterocycles. The van der Waals surface area contributed by atoms with E-state index in [2.05, 4.69) is 173 Å². The van der Waals surface area contributed by atoms with Gasteiger partial charge in [-0.1, -0.05) is 55.0 Å². The van der Waals surface area contributed by atoms with Gasteiger partial charge in [0.05, 0.1) is 0 Å². The monoisotopic (exact) mass is 1100 g/mol. The van der Waals surface area contributed by atoms with Crippen molar-refractivity contribution in [3.8, 4) is 44.6 Å². The van der Waals surface area contributed by atoms with Gasteiger partial charge in [-0.15, -0.1) is 51.7 Å². The SMILES string of the molecule is Cc1c[c-]c(-c2[c-]cc(C)cc2)cc1.Cc1c[c-]c(-c2[c-]cc(C)cc2C)cc1.Cc1c[c-]c(-c2[c-]cccc2C)cc1.[C-]#[N+]c1n[c-]c(-c2[c-]cccc2)[nH]c1=O.[Y].[Y].[Y].[Y]. The van der Waals surface area contributed by atoms with Crippen molar-refractivity contribution in [3.63, 3.8) is 0 Å². The summed E-state index contributed by atoms with van der Waals surface area (Å²) in [5.41, 5.74) is 16.1. The van der Waals surface area contributed by atoms with Gasteiger partial charge in [-0.25, -0.2) is 45.0 Å². The topological polar surface area (TPSA) is 50.1 Å². The minimum absolute atomic E-state index is 0. The fourth-order valence-electron chi connectivity index (χ4n) is 5.62. The first-order valence-corrected chi connectivity index (χ1v) is 18.8. The van der Waals surface area contributed by atoms with E-state index in [1.54, 1.807) is 12.1 Å². The predicted octanol–water partition coefficient (Wildman–Crippen LogP) is 12.6. The third-order valence-corrected chi connectivity index (χ3v) is 8.85. The Morgan fingerprint density at radius 2 is 0.952 bits per heavy atom. The molecule has 62 heavy (non-hydrogen) atoms. The molecule has 8 aromatic rings. The van der Waals surface area contributed by atoms with Crippen molar-refractivity contribution in [2.45, 2.75) is 48.5 Å². The van der Waals surface area contributed by atoms with Crippen LogP contribution in [0.5, 0.6) is 0 Å². The molecule has 0 saturated carbocycles. The van der Waals surface area contributed by atoms with Crippen molar-refractivity contribution in [3.05, 3.63) is 237 Å². The van der Waals surface area contributed by atoms with Gasteiger partial charge in [0.25, 0.3) is 5.56 Å². The summed E-state index contributed by atoms with van der Waals surface area (Å²) in [6, 6.07) is 64.7. The Hall–Kier alpha value is -2.67. The summed E-state index contributed by atoms with van der Waals surface area (Å²) in [5, 5.41) is 0. The van der Waals surface area contributed by atoms with Crippen molar-refractivity contribution in [1.82, 2.24) is 9.97 Å². The normalized spacial score (nSPS) is 9.39. The second-order valence-corrected chi connectivity index (χ2v) is 13.8. The molecule has 1 aromatic heterocycles. The summed E-state index contributed by atoms with van der Waals surface area (Å²) in [5.74, 6) is -0.199. The van der Waals surface area contributed by atoms with Crippen molar-refractivity contribution in [2.24, 2.45) is 0 Å². The van der Waals surface area contributed by atoms with E-state index < -0.39 is 5.56 Å². The molecule has 0 amide bonds. The second-order valence-electron chi connectivity index (χ2n) is 13.8. The molecular weight excluding hydrogens is 1060 g/mol. The fourth-order valence-corrected chi connectivity index (χ4v) is 5.62. The molecule has 0 unspecified atom stereocenters. The Morgan fingerprint density at radius 1 is 0.484 bits per heavy atom. The summed E-state index contributed by atoms with van der Waals surface area (Å²) in [6.07, 6.45) is 2.59. The first-order valence-electron chi connectivity index (χ1n) is 18.8. The van der Waals surface area contributed by atoms with Gasteiger partial charge in [-0.05, 0) is 0 Å². The van der Waals surface area contributed by atoms with Gasteiger partial charge >= 0.3 is 5.82 Å². The van der Waals surface area contributed by atoms with Crippen LogP contribution in [0.3, 0.4) is 0 Å². The van der Waals surface area contributed by atoms with E-state index in [1.165, 1.54) is 38.9 Å². The molecule has 0 fully saturated rings. The molecule has 0 spiro atoms. The van der Waals surface area contributed by atoms with Crippen molar-refractivity contribution < 1.29 is 131 Å². The third-order valence-electron chi connectivity index (χ3n) is 8.85. The van der Waals surface area contributed by atoms with Crippen LogP contribution in [0.2, 0.25) is 0 Å². The first-order chi connectivity index (χ1) is 28.0. The fraction of sp³-hybridized carbons (Fsp3) is 0.130. The number of aromatic nitrogens is 2. The molecule has 4 radical (unpaired) electrons. The van der Waals surface area contributed by atoms with E-state index in [0.29, 0.717) is 11.3 Å². The van der Waals surface area contributed by atoms with Gasteiger partial charge in [-0.3, -0.25) is 4.79 Å². The number of rotatable bonds is 4. The van der Waals surface area contributed by atoms with Gasteiger partial charge in [0, 0.05) is 137 Å². The average molecular weight is 1110 g/mol. The molecule has 0 aliphatic carbocycles. The maximum Gasteiger partial charge on any atom is 0.368 e. The molecule has 0 bridgehead atoms. The molecule has 4 nitrogen and oxygen atoms in total. The number of benzene rings is 7. The minimum atomic E-state index is -0.504. The first kappa shape index (κ1) is 57.3. The van der Waals surface area contributed by atoms with E-state index in [-0.39, 0.29) is 137 Å². The van der Waals surface area contributed by atoms with Crippen LogP contribution >= 0.6 is 0 Å². The second kappa shape index (κ2) is 29.7. The Bertz CT molecular complexity index is 2590. The Balaban J connectivity index is 0.000000405. The number of aromatic amines is 1. The van der Waals surface area contributed by atoms with Gasteiger partial charge < -0.3 is 9.83 Å². The largest absolute Gasteiger partial charge is 0.384 e. The van der Waals surface area contributed by atoms with Gasteiger partial charge in [0.15, 0.2) is 0 Å². The van der Waals surface area contributed by atoms with E-state index >= 15 is 0 Å². The van der Waals surface area contributed by atoms with E-state index in [1.807, 2.05) is 54.6 Å². The summed E-state index contributed by atoms with van der Waals surface area (Å²) < 4.78 is 0. The maximum atomic E-state index is 11.3. The van der Waals surface area contributed by atoms with Crippen LogP contribution in [0.15, 0.2) is 132 Å². The zero-order valence-corrected chi connectivity index (χ0v) is 47.6. The minimum Gasteiger partial charge on any atom is -0.384 e. The number of hydrogen-bond acceptors (Lipinski definition) is 2. The number of H-pyrrole nitrogens is 1. The molecule has 0 aliphatic heterocycles. The maximum absolute atomic E-state index is 11.3. The Morgan fingerprint density at radius 3 is 1.35 bits per heavy atom. The number of hydrogen-bond donors (Lipinski definition) is 1. The average Bonchev–Trinajstić information content (AvgIpc) is 3.24. The standard InChI is InChI=1S/C15H14.2C14H12.C11H5N3O.4Y/c1-11-4-7-14(8-5-11)15-9-6-12(2)10-13(15)3;1-11-3-7-13(8-4-11)14-9-5-12(2)6-10-14;1-11-7-9-13(10-8-11)14-6-4-3-5-12(14)2;1-12-10-11(15)14-9(7-13-10)8-5-3-2-4-6-8;;;;/h4-7,10H,1-3H3;3-7,9H,1-2H3;3-5,7-9H,1-2H3;2-5H,(H,14,15);;;;/q4*-2;;;;. The van der Waals surface area contributed by atoms with E-state index in [4.69, 9.17) is 6.57 Å². The summed E-state index contributed by atoms with van der Waals surface area (Å²) in [4.78, 5) is 20.4. The number of nitrogens with zero attached hydrogens (tertiary/aromatic N) is 2. The van der Waals surface area contributed by atoms with Crippen LogP contribution in [-0.2, 0) is 131 Å². The smallest absolute Gasteiger partial charge is 0.368 e. The Labute approximate surface area is 470 Å². The van der Waals surface area contributed by atoms with Crippen LogP contribution in [-0.4, -0.2) is 9.97 Å². The molecule has 8 rings (SSSR count). The molecular formula is C54H43N3OY4-8. The number of nitrogens with one attached hydrogen (secondary N) is 1. The zero-order chi connectivity index (χ0) is 41.4. The quantitative estimate of drug-likeness (QED) is 0.179. The zero-order valence-electron chi connectivity index (χ0n) is 36.2. The molecule has 300 valence electrons. The summed E-state index contributed by atoms with van der Waals surface area (Å²) in [6.45, 7) is 21.3. The van der Waals surface area contributed by atoms with Crippen LogP contribution in [0.1, 0.15) is 38.9 Å². The molecule has 8 heteroatoms. The predicted molar refractivity (Wildman–Crippen MR) is 236 cm³/mol. The van der Waals surface area contributed by atoms with Crippen molar-refractivity contribution in [2.75, 3.05) is 0 Å². The Kier molecular flexibility index (Phi) is 27.5. The van der Waals surface area contributed by atoms with Gasteiger partial charge in [0.2, 0.25) is 0 Å². The number of aryl methyl sites for hydroxylation is 7. The molecule has 0 atom stereocenters. The van der Waals surface area contributed by atoms with Crippen molar-refractivity contribution in [1.29, 1.82) is 0 Å². The van der Waals surface area contributed by atoms with E-state index in [0.717, 1.165) is 33.4 Å². The molecule has 7 aromatic carbocycles. The summed E-state index contributed by atoms with van der Waals surface area (Å²) >= 11 is 0. The van der Waals surface area contributed by atoms with Crippen LogP contribution in [0, 0.1) is 104 Å².